The van der Waals surface area contributed by atoms with E-state index in [1.165, 1.54) is 0 Å². The molecule has 22 heavy (non-hydrogen) atoms. The molecule has 124 valence electrons. The number of carbonyl (C=O) groups is 1. The van der Waals surface area contributed by atoms with Gasteiger partial charge in [-0.05, 0) is 6.92 Å². The van der Waals surface area contributed by atoms with Crippen molar-refractivity contribution >= 4 is 17.2 Å². The summed E-state index contributed by atoms with van der Waals surface area (Å²) in [6.45, 7) is 12.0. The summed E-state index contributed by atoms with van der Waals surface area (Å²) in [7, 11) is 0. The van der Waals surface area contributed by atoms with E-state index in [1.807, 2.05) is 10.3 Å². The van der Waals surface area contributed by atoms with Gasteiger partial charge >= 0.3 is 0 Å². The molecule has 0 saturated carbocycles. The first kappa shape index (κ1) is 17.4. The number of hydrogen-bond donors (Lipinski definition) is 1. The number of aromatic nitrogens is 1. The molecule has 1 aliphatic rings. The van der Waals surface area contributed by atoms with E-state index < -0.39 is 0 Å². The van der Waals surface area contributed by atoms with Gasteiger partial charge in [-0.25, -0.2) is 4.98 Å². The van der Waals surface area contributed by atoms with Crippen LogP contribution in [-0.4, -0.2) is 64.6 Å². The van der Waals surface area contributed by atoms with Crippen LogP contribution in [0.3, 0.4) is 0 Å². The highest BCUT2D eigenvalue weighted by Crippen LogP contribution is 2.25. The predicted octanol–water partition coefficient (Wildman–Crippen LogP) is 1.51. The van der Waals surface area contributed by atoms with E-state index in [-0.39, 0.29) is 17.4 Å². The predicted molar refractivity (Wildman–Crippen MR) is 89.2 cm³/mol. The third kappa shape index (κ3) is 4.76. The second-order valence-corrected chi connectivity index (χ2v) is 7.96. The third-order valence-corrected chi connectivity index (χ3v) is 5.09. The number of aliphatic hydroxyl groups excluding tert-OH is 1. The highest BCUT2D eigenvalue weighted by atomic mass is 32.1. The molecule has 0 radical (unpaired) electrons. The normalized spacial score (nSPS) is 18.5. The molecule has 1 atom stereocenters. The van der Waals surface area contributed by atoms with Gasteiger partial charge in [-0.2, -0.15) is 0 Å². The summed E-state index contributed by atoms with van der Waals surface area (Å²) >= 11 is 1.63. The van der Waals surface area contributed by atoms with E-state index in [0.29, 0.717) is 13.0 Å². The van der Waals surface area contributed by atoms with Crippen LogP contribution in [-0.2, 0) is 16.6 Å². The van der Waals surface area contributed by atoms with E-state index in [9.17, 15) is 9.90 Å². The van der Waals surface area contributed by atoms with E-state index >= 15 is 0 Å². The Hall–Kier alpha value is -0.980. The number of piperazine rings is 1. The zero-order chi connectivity index (χ0) is 16.3. The topological polar surface area (TPSA) is 56.7 Å². The lowest BCUT2D eigenvalue weighted by Gasteiger charge is -2.35. The number of carbonyl (C=O) groups excluding carboxylic acids is 1. The van der Waals surface area contributed by atoms with Gasteiger partial charge in [0.1, 0.15) is 0 Å². The smallest absolute Gasteiger partial charge is 0.228 e. The van der Waals surface area contributed by atoms with Gasteiger partial charge in [0.15, 0.2) is 0 Å². The lowest BCUT2D eigenvalue weighted by Crippen LogP contribution is -2.50. The average Bonchev–Trinajstić information content (AvgIpc) is 2.87. The Kier molecular flexibility index (Phi) is 5.58. The Morgan fingerprint density at radius 1 is 1.36 bits per heavy atom. The number of amides is 1. The van der Waals surface area contributed by atoms with Crippen LogP contribution in [0, 0.1) is 0 Å². The highest BCUT2D eigenvalue weighted by molar-refractivity contribution is 7.09. The molecule has 1 aromatic rings. The van der Waals surface area contributed by atoms with Crippen molar-refractivity contribution in [3.63, 3.8) is 0 Å². The van der Waals surface area contributed by atoms with E-state index in [2.05, 4.69) is 30.7 Å². The fourth-order valence-corrected chi connectivity index (χ4v) is 3.46. The molecule has 2 heterocycles. The number of nitrogens with zero attached hydrogens (tertiary/aromatic N) is 3. The zero-order valence-electron chi connectivity index (χ0n) is 14.0. The van der Waals surface area contributed by atoms with Crippen molar-refractivity contribution in [2.24, 2.45) is 0 Å². The van der Waals surface area contributed by atoms with Crippen LogP contribution in [0.15, 0.2) is 5.38 Å². The van der Waals surface area contributed by atoms with Crippen LogP contribution in [0.25, 0.3) is 0 Å². The van der Waals surface area contributed by atoms with Crippen molar-refractivity contribution < 1.29 is 9.90 Å². The van der Waals surface area contributed by atoms with Gasteiger partial charge in [0.25, 0.3) is 0 Å². The molecule has 1 N–H and O–H groups in total. The lowest BCUT2D eigenvalue weighted by atomic mass is 9.98. The van der Waals surface area contributed by atoms with E-state index in [4.69, 9.17) is 0 Å². The molecule has 1 amide bonds. The summed E-state index contributed by atoms with van der Waals surface area (Å²) in [5, 5.41) is 12.5. The molecule has 1 aliphatic heterocycles. The maximum atomic E-state index is 12.4. The first-order chi connectivity index (χ1) is 10.3. The SMILES string of the molecule is C[C@@H](O)CN1CCN(C(=O)Cc2csc(C(C)(C)C)n2)CC1. The molecule has 5 nitrogen and oxygen atoms in total. The molecule has 6 heteroatoms. The molecule has 1 aromatic heterocycles. The second kappa shape index (κ2) is 7.06. The summed E-state index contributed by atoms with van der Waals surface area (Å²) < 4.78 is 0. The Morgan fingerprint density at radius 2 is 2.00 bits per heavy atom. The summed E-state index contributed by atoms with van der Waals surface area (Å²) in [6, 6.07) is 0. The van der Waals surface area contributed by atoms with Gasteiger partial charge in [0.2, 0.25) is 5.91 Å². The fraction of sp³-hybridized carbons (Fsp3) is 0.750. The molecule has 1 saturated heterocycles. The van der Waals surface area contributed by atoms with Crippen molar-refractivity contribution in [1.82, 2.24) is 14.8 Å². The first-order valence-electron chi connectivity index (χ1n) is 7.89. The molecule has 0 unspecified atom stereocenters. The van der Waals surface area contributed by atoms with Gasteiger partial charge in [0, 0.05) is 43.5 Å². The second-order valence-electron chi connectivity index (χ2n) is 7.10. The summed E-state index contributed by atoms with van der Waals surface area (Å²) in [5.41, 5.74) is 0.921. The molecule has 0 aromatic carbocycles. The Balaban J connectivity index is 1.85. The molecule has 1 fully saturated rings. The maximum absolute atomic E-state index is 12.4. The minimum absolute atomic E-state index is 0.0403. The van der Waals surface area contributed by atoms with Crippen LogP contribution in [0.1, 0.15) is 38.4 Å². The molecule has 2 rings (SSSR count). The molecule has 0 spiro atoms. The van der Waals surface area contributed by atoms with Gasteiger partial charge < -0.3 is 10.0 Å². The van der Waals surface area contributed by atoms with Crippen LogP contribution in [0.4, 0.5) is 0 Å². The average molecular weight is 325 g/mol. The molecule has 0 bridgehead atoms. The first-order valence-corrected chi connectivity index (χ1v) is 8.77. The summed E-state index contributed by atoms with van der Waals surface area (Å²) in [6.07, 6.45) is 0.0799. The van der Waals surface area contributed by atoms with E-state index in [1.54, 1.807) is 18.3 Å². The molecule has 0 aliphatic carbocycles. The van der Waals surface area contributed by atoms with Gasteiger partial charge in [-0.1, -0.05) is 20.8 Å². The molecular weight excluding hydrogens is 298 g/mol. The van der Waals surface area contributed by atoms with Crippen molar-refractivity contribution in [2.45, 2.75) is 45.6 Å². The van der Waals surface area contributed by atoms with Crippen molar-refractivity contribution in [3.05, 3.63) is 16.1 Å². The fourth-order valence-electron chi connectivity index (χ4n) is 2.55. The van der Waals surface area contributed by atoms with Crippen molar-refractivity contribution in [3.8, 4) is 0 Å². The number of hydrogen-bond acceptors (Lipinski definition) is 5. The third-order valence-electron chi connectivity index (χ3n) is 3.77. The Labute approximate surface area is 137 Å². The molecular formula is C16H27N3O2S. The van der Waals surface area contributed by atoms with Crippen LogP contribution >= 0.6 is 11.3 Å². The zero-order valence-corrected chi connectivity index (χ0v) is 14.8. The summed E-state index contributed by atoms with van der Waals surface area (Å²) in [4.78, 5) is 21.1. The monoisotopic (exact) mass is 325 g/mol. The quantitative estimate of drug-likeness (QED) is 0.912. The van der Waals surface area contributed by atoms with Gasteiger partial charge in [0.05, 0.1) is 23.2 Å². The summed E-state index contributed by atoms with van der Waals surface area (Å²) in [5.74, 6) is 0.155. The minimum atomic E-state index is -0.312. The maximum Gasteiger partial charge on any atom is 0.228 e. The van der Waals surface area contributed by atoms with Gasteiger partial charge in [-0.15, -0.1) is 11.3 Å². The van der Waals surface area contributed by atoms with Gasteiger partial charge in [-0.3, -0.25) is 9.69 Å². The van der Waals surface area contributed by atoms with Crippen LogP contribution < -0.4 is 0 Å². The van der Waals surface area contributed by atoms with Crippen LogP contribution in [0.5, 0.6) is 0 Å². The Bertz CT molecular complexity index is 500. The number of aliphatic hydroxyl groups is 1. The number of rotatable bonds is 4. The van der Waals surface area contributed by atoms with E-state index in [0.717, 1.165) is 36.9 Å². The van der Waals surface area contributed by atoms with Crippen molar-refractivity contribution in [1.29, 1.82) is 0 Å². The number of β-amino-alcohol motifs (C(OH)–C–C–N with tert-alkyl or cyclic N) is 1. The van der Waals surface area contributed by atoms with Crippen LogP contribution in [0.2, 0.25) is 0 Å². The number of thiazole rings is 1. The highest BCUT2D eigenvalue weighted by Gasteiger charge is 2.23. The largest absolute Gasteiger partial charge is 0.392 e. The Morgan fingerprint density at radius 3 is 2.50 bits per heavy atom. The van der Waals surface area contributed by atoms with Crippen molar-refractivity contribution in [2.75, 3.05) is 32.7 Å². The standard InChI is InChI=1S/C16H27N3O2S/c1-12(20)10-18-5-7-19(8-6-18)14(21)9-13-11-22-15(17-13)16(2,3)4/h11-12,20H,5-10H2,1-4H3/t12-/m1/s1. The lowest BCUT2D eigenvalue weighted by molar-refractivity contribution is -0.132. The minimum Gasteiger partial charge on any atom is -0.392 e.